The maximum absolute atomic E-state index is 11.9. The maximum atomic E-state index is 11.9. The van der Waals surface area contributed by atoms with Gasteiger partial charge in [-0.15, -0.1) is 24.0 Å². The number of nitrogens with zero attached hydrogens (tertiary/aromatic N) is 2. The van der Waals surface area contributed by atoms with Crippen LogP contribution in [0.1, 0.15) is 45.2 Å². The van der Waals surface area contributed by atoms with Crippen molar-refractivity contribution in [2.45, 2.75) is 39.7 Å². The summed E-state index contributed by atoms with van der Waals surface area (Å²) in [6, 6.07) is 8.52. The second kappa shape index (κ2) is 12.7. The van der Waals surface area contributed by atoms with Gasteiger partial charge in [-0.3, -0.25) is 14.7 Å². The van der Waals surface area contributed by atoms with E-state index in [1.54, 1.807) is 7.05 Å². The third-order valence-electron chi connectivity index (χ3n) is 5.34. The second-order valence-corrected chi connectivity index (χ2v) is 9.20. The number of halogens is 2. The normalized spacial score (nSPS) is 20.3. The molecule has 1 fully saturated rings. The molecular weight excluding hydrogens is 513 g/mol. The molecule has 0 aliphatic carbocycles. The van der Waals surface area contributed by atoms with Crippen molar-refractivity contribution in [3.63, 3.8) is 0 Å². The van der Waals surface area contributed by atoms with Gasteiger partial charge in [-0.1, -0.05) is 44.5 Å². The molecule has 1 aliphatic rings. The summed E-state index contributed by atoms with van der Waals surface area (Å²) in [5, 5.41) is 10.5. The van der Waals surface area contributed by atoms with Crippen LogP contribution in [0.3, 0.4) is 0 Å². The molecule has 1 saturated heterocycles. The molecule has 6 nitrogen and oxygen atoms in total. The molecule has 0 spiro atoms. The van der Waals surface area contributed by atoms with Gasteiger partial charge in [0.05, 0.1) is 0 Å². The number of likely N-dealkylation sites (tertiary alicyclic amines) is 1. The fourth-order valence-corrected chi connectivity index (χ4v) is 3.96. The predicted molar refractivity (Wildman–Crippen MR) is 137 cm³/mol. The maximum Gasteiger partial charge on any atom is 0.225 e. The summed E-state index contributed by atoms with van der Waals surface area (Å²) in [4.78, 5) is 18.7. The summed E-state index contributed by atoms with van der Waals surface area (Å²) in [5.74, 6) is 1.27. The van der Waals surface area contributed by atoms with Crippen molar-refractivity contribution in [3.05, 3.63) is 34.9 Å². The smallest absolute Gasteiger partial charge is 0.225 e. The summed E-state index contributed by atoms with van der Waals surface area (Å²) in [6.07, 6.45) is 2.35. The van der Waals surface area contributed by atoms with E-state index in [-0.39, 0.29) is 35.3 Å². The first-order valence-corrected chi connectivity index (χ1v) is 10.8. The van der Waals surface area contributed by atoms with E-state index in [0.29, 0.717) is 25.0 Å². The lowest BCUT2D eigenvalue weighted by molar-refractivity contribution is -0.128. The van der Waals surface area contributed by atoms with Crippen molar-refractivity contribution in [3.8, 4) is 0 Å². The quantitative estimate of drug-likeness (QED) is 0.219. The van der Waals surface area contributed by atoms with Gasteiger partial charge in [0.1, 0.15) is 0 Å². The van der Waals surface area contributed by atoms with E-state index in [1.165, 1.54) is 12.0 Å². The van der Waals surface area contributed by atoms with Crippen molar-refractivity contribution in [1.29, 1.82) is 0 Å². The van der Waals surface area contributed by atoms with Crippen molar-refractivity contribution < 1.29 is 4.79 Å². The second-order valence-electron chi connectivity index (χ2n) is 8.77. The highest BCUT2D eigenvalue weighted by atomic mass is 127. The van der Waals surface area contributed by atoms with Crippen LogP contribution in [0, 0.1) is 11.3 Å². The number of benzene rings is 1. The van der Waals surface area contributed by atoms with Gasteiger partial charge in [0.2, 0.25) is 5.91 Å². The summed E-state index contributed by atoms with van der Waals surface area (Å²) in [6.45, 7) is 8.84. The molecular formula is C22H37ClIN5O. The molecule has 1 heterocycles. The first kappa shape index (κ1) is 27.0. The summed E-state index contributed by atoms with van der Waals surface area (Å²) in [5.41, 5.74) is 0.891. The highest BCUT2D eigenvalue weighted by Crippen LogP contribution is 2.35. The Kier molecular flexibility index (Phi) is 11.4. The van der Waals surface area contributed by atoms with E-state index >= 15 is 0 Å². The molecule has 8 heteroatoms. The number of piperidine rings is 1. The van der Waals surface area contributed by atoms with E-state index in [9.17, 15) is 4.79 Å². The highest BCUT2D eigenvalue weighted by molar-refractivity contribution is 14.0. The number of guanidine groups is 1. The zero-order valence-corrected chi connectivity index (χ0v) is 21.9. The molecule has 2 atom stereocenters. The Morgan fingerprint density at radius 1 is 1.23 bits per heavy atom. The molecule has 2 unspecified atom stereocenters. The van der Waals surface area contributed by atoms with E-state index in [4.69, 9.17) is 11.6 Å². The number of nitrogens with one attached hydrogen (secondary N) is 3. The average Bonchev–Trinajstić information content (AvgIpc) is 2.66. The van der Waals surface area contributed by atoms with Crippen LogP contribution in [0.2, 0.25) is 5.02 Å². The molecule has 170 valence electrons. The Morgan fingerprint density at radius 3 is 2.57 bits per heavy atom. The number of hydrogen-bond donors (Lipinski definition) is 3. The van der Waals surface area contributed by atoms with E-state index in [1.807, 2.05) is 32.9 Å². The van der Waals surface area contributed by atoms with Crippen LogP contribution in [0.5, 0.6) is 0 Å². The van der Waals surface area contributed by atoms with Crippen LogP contribution < -0.4 is 16.0 Å². The van der Waals surface area contributed by atoms with Crippen molar-refractivity contribution in [2.24, 2.45) is 16.3 Å². The monoisotopic (exact) mass is 549 g/mol. The SMILES string of the molecule is CN=C(NCCNC(=O)C(C)(C)C)NCC1CCCN(C)C1c1cccc(Cl)c1.I. The first-order valence-electron chi connectivity index (χ1n) is 10.4. The molecule has 1 amide bonds. The molecule has 0 radical (unpaired) electrons. The number of carbonyl (C=O) groups is 1. The minimum atomic E-state index is -0.373. The van der Waals surface area contributed by atoms with Crippen LogP contribution in [0.15, 0.2) is 29.3 Å². The zero-order chi connectivity index (χ0) is 21.4. The van der Waals surface area contributed by atoms with Crippen LogP contribution in [-0.4, -0.2) is 57.0 Å². The third kappa shape index (κ3) is 8.23. The lowest BCUT2D eigenvalue weighted by Crippen LogP contribution is -2.47. The van der Waals surface area contributed by atoms with Gasteiger partial charge in [-0.2, -0.15) is 0 Å². The van der Waals surface area contributed by atoms with Crippen molar-refractivity contribution in [2.75, 3.05) is 40.3 Å². The number of rotatable bonds is 6. The van der Waals surface area contributed by atoms with Crippen LogP contribution >= 0.6 is 35.6 Å². The average molecular weight is 550 g/mol. The van der Waals surface area contributed by atoms with Crippen molar-refractivity contribution in [1.82, 2.24) is 20.9 Å². The van der Waals surface area contributed by atoms with Crippen LogP contribution in [0.4, 0.5) is 0 Å². The Bertz CT molecular complexity index is 707. The zero-order valence-electron chi connectivity index (χ0n) is 18.8. The summed E-state index contributed by atoms with van der Waals surface area (Å²) >= 11 is 6.24. The third-order valence-corrected chi connectivity index (χ3v) is 5.57. The highest BCUT2D eigenvalue weighted by Gasteiger charge is 2.30. The summed E-state index contributed by atoms with van der Waals surface area (Å²) < 4.78 is 0. The number of carbonyl (C=O) groups excluding carboxylic acids is 1. The number of amides is 1. The number of hydrogen-bond acceptors (Lipinski definition) is 3. The van der Waals surface area contributed by atoms with E-state index in [0.717, 1.165) is 30.5 Å². The predicted octanol–water partition coefficient (Wildman–Crippen LogP) is 3.67. The van der Waals surface area contributed by atoms with Crippen LogP contribution in [-0.2, 0) is 4.79 Å². The lowest BCUT2D eigenvalue weighted by atomic mass is 9.85. The molecule has 0 bridgehead atoms. The van der Waals surface area contributed by atoms with Gasteiger partial charge in [-0.25, -0.2) is 0 Å². The Balaban J connectivity index is 0.00000450. The van der Waals surface area contributed by atoms with E-state index in [2.05, 4.69) is 45.0 Å². The Labute approximate surface area is 203 Å². The van der Waals surface area contributed by atoms with Gasteiger partial charge in [0.25, 0.3) is 0 Å². The molecule has 0 aromatic heterocycles. The molecule has 0 saturated carbocycles. The van der Waals surface area contributed by atoms with Gasteiger partial charge in [0, 0.05) is 43.2 Å². The minimum absolute atomic E-state index is 0. The minimum Gasteiger partial charge on any atom is -0.356 e. The van der Waals surface area contributed by atoms with Gasteiger partial charge >= 0.3 is 0 Å². The molecule has 30 heavy (non-hydrogen) atoms. The molecule has 1 aromatic carbocycles. The largest absolute Gasteiger partial charge is 0.356 e. The fourth-order valence-electron chi connectivity index (χ4n) is 3.76. The van der Waals surface area contributed by atoms with Gasteiger partial charge < -0.3 is 16.0 Å². The topological polar surface area (TPSA) is 68.8 Å². The Hall–Kier alpha value is -1.06. The Morgan fingerprint density at radius 2 is 1.93 bits per heavy atom. The molecule has 1 aromatic rings. The van der Waals surface area contributed by atoms with E-state index < -0.39 is 0 Å². The fraction of sp³-hybridized carbons (Fsp3) is 0.636. The standard InChI is InChI=1S/C22H36ClN5O.HI/c1-22(2,3)20(29)25-11-12-26-21(24-4)27-15-17-9-7-13-28(5)19(17)16-8-6-10-18(23)14-16;/h6,8,10,14,17,19H,7,9,11-13,15H2,1-5H3,(H,25,29)(H2,24,26,27);1H. The molecule has 1 aliphatic heterocycles. The van der Waals surface area contributed by atoms with Crippen LogP contribution in [0.25, 0.3) is 0 Å². The molecule has 2 rings (SSSR count). The van der Waals surface area contributed by atoms with Gasteiger partial charge in [0.15, 0.2) is 5.96 Å². The van der Waals surface area contributed by atoms with Gasteiger partial charge in [-0.05, 0) is 50.0 Å². The molecule has 3 N–H and O–H groups in total. The number of aliphatic imine (C=N–C) groups is 1. The first-order chi connectivity index (χ1) is 13.7. The summed E-state index contributed by atoms with van der Waals surface area (Å²) in [7, 11) is 3.95. The van der Waals surface area contributed by atoms with Crippen molar-refractivity contribution >= 4 is 47.4 Å². The lowest BCUT2D eigenvalue weighted by Gasteiger charge is -2.40.